The van der Waals surface area contributed by atoms with E-state index < -0.39 is 6.36 Å². The van der Waals surface area contributed by atoms with Crippen LogP contribution >= 0.6 is 0 Å². The van der Waals surface area contributed by atoms with Crippen molar-refractivity contribution in [1.82, 2.24) is 4.90 Å². The monoisotopic (exact) mass is 259 g/mol. The highest BCUT2D eigenvalue weighted by atomic mass is 19.4. The smallest absolute Gasteiger partial charge is 0.406 e. The fourth-order valence-electron chi connectivity index (χ4n) is 1.90. The van der Waals surface area contributed by atoms with E-state index in [2.05, 4.69) is 4.74 Å². The molecule has 0 radical (unpaired) electrons. The van der Waals surface area contributed by atoms with E-state index in [0.29, 0.717) is 18.7 Å². The minimum atomic E-state index is -4.71. The van der Waals surface area contributed by atoms with Crippen LogP contribution in [0.4, 0.5) is 13.2 Å². The van der Waals surface area contributed by atoms with Gasteiger partial charge in [0.15, 0.2) is 0 Å². The topological polar surface area (TPSA) is 29.5 Å². The third-order valence-electron chi connectivity index (χ3n) is 2.73. The Morgan fingerprint density at radius 1 is 1.11 bits per heavy atom. The maximum Gasteiger partial charge on any atom is 0.573 e. The Labute approximate surface area is 102 Å². The van der Waals surface area contributed by atoms with E-state index in [1.807, 2.05) is 0 Å². The normalized spacial score (nSPS) is 15.8. The number of halogens is 3. The summed E-state index contributed by atoms with van der Waals surface area (Å²) in [4.78, 5) is 13.6. The lowest BCUT2D eigenvalue weighted by atomic mass is 10.2. The Balaban J connectivity index is 2.05. The van der Waals surface area contributed by atoms with E-state index in [1.54, 1.807) is 4.90 Å². The molecule has 1 fully saturated rings. The van der Waals surface area contributed by atoms with E-state index in [-0.39, 0.29) is 11.7 Å². The van der Waals surface area contributed by atoms with Crippen LogP contribution in [0.3, 0.4) is 0 Å². The number of amides is 1. The van der Waals surface area contributed by atoms with Crippen molar-refractivity contribution in [3.05, 3.63) is 29.8 Å². The number of hydrogen-bond donors (Lipinski definition) is 0. The second-order valence-corrected chi connectivity index (χ2v) is 4.07. The number of likely N-dealkylation sites (tertiary alicyclic amines) is 1. The van der Waals surface area contributed by atoms with Crippen molar-refractivity contribution >= 4 is 5.91 Å². The van der Waals surface area contributed by atoms with E-state index >= 15 is 0 Å². The van der Waals surface area contributed by atoms with Crippen LogP contribution in [0.15, 0.2) is 24.3 Å². The van der Waals surface area contributed by atoms with Crippen LogP contribution < -0.4 is 4.74 Å². The van der Waals surface area contributed by atoms with Gasteiger partial charge in [-0.1, -0.05) is 0 Å². The minimum absolute atomic E-state index is 0.147. The second kappa shape index (κ2) is 4.88. The molecule has 0 spiro atoms. The maximum absolute atomic E-state index is 11.9. The van der Waals surface area contributed by atoms with Gasteiger partial charge in [-0.2, -0.15) is 0 Å². The molecule has 1 heterocycles. The number of ether oxygens (including phenoxy) is 1. The van der Waals surface area contributed by atoms with Crippen LogP contribution in [0.5, 0.6) is 5.75 Å². The first-order valence-corrected chi connectivity index (χ1v) is 5.61. The lowest BCUT2D eigenvalue weighted by Gasteiger charge is -2.15. The molecule has 0 saturated carbocycles. The summed E-state index contributed by atoms with van der Waals surface area (Å²) in [6, 6.07) is 5.00. The number of benzene rings is 1. The molecule has 0 unspecified atom stereocenters. The first kappa shape index (κ1) is 12.7. The zero-order valence-electron chi connectivity index (χ0n) is 9.54. The summed E-state index contributed by atoms with van der Waals surface area (Å²) in [5.74, 6) is -0.466. The lowest BCUT2D eigenvalue weighted by Crippen LogP contribution is -2.27. The van der Waals surface area contributed by atoms with Crippen molar-refractivity contribution in [1.29, 1.82) is 0 Å². The van der Waals surface area contributed by atoms with Gasteiger partial charge in [-0.3, -0.25) is 4.79 Å². The van der Waals surface area contributed by atoms with Gasteiger partial charge in [0, 0.05) is 18.7 Å². The molecule has 1 aromatic rings. The zero-order valence-corrected chi connectivity index (χ0v) is 9.54. The average molecular weight is 259 g/mol. The van der Waals surface area contributed by atoms with Crippen LogP contribution in [0.1, 0.15) is 23.2 Å². The largest absolute Gasteiger partial charge is 0.573 e. The quantitative estimate of drug-likeness (QED) is 0.817. The van der Waals surface area contributed by atoms with E-state index in [0.717, 1.165) is 25.0 Å². The summed E-state index contributed by atoms with van der Waals surface area (Å²) >= 11 is 0. The molecule has 1 aliphatic rings. The third kappa shape index (κ3) is 3.15. The Hall–Kier alpha value is -1.72. The van der Waals surface area contributed by atoms with Crippen LogP contribution in [-0.4, -0.2) is 30.3 Å². The van der Waals surface area contributed by atoms with Crippen molar-refractivity contribution in [3.63, 3.8) is 0 Å². The molecule has 1 saturated heterocycles. The first-order valence-electron chi connectivity index (χ1n) is 5.61. The Kier molecular flexibility index (Phi) is 3.45. The number of nitrogens with zero attached hydrogens (tertiary/aromatic N) is 1. The minimum Gasteiger partial charge on any atom is -0.406 e. The SMILES string of the molecule is O=C(c1ccc(OC(F)(F)F)cc1)N1CCCC1. The predicted octanol–water partition coefficient (Wildman–Crippen LogP) is 2.82. The molecule has 2 rings (SSSR count). The van der Waals surface area contributed by atoms with Gasteiger partial charge in [0.2, 0.25) is 0 Å². The van der Waals surface area contributed by atoms with Crippen LogP contribution in [0.2, 0.25) is 0 Å². The highest BCUT2D eigenvalue weighted by Gasteiger charge is 2.31. The van der Waals surface area contributed by atoms with E-state index in [9.17, 15) is 18.0 Å². The van der Waals surface area contributed by atoms with Gasteiger partial charge >= 0.3 is 6.36 Å². The van der Waals surface area contributed by atoms with E-state index in [1.165, 1.54) is 12.1 Å². The highest BCUT2D eigenvalue weighted by Crippen LogP contribution is 2.23. The van der Waals surface area contributed by atoms with Crippen molar-refractivity contribution in [2.75, 3.05) is 13.1 Å². The molecule has 98 valence electrons. The zero-order chi connectivity index (χ0) is 13.2. The third-order valence-corrected chi connectivity index (χ3v) is 2.73. The average Bonchev–Trinajstić information content (AvgIpc) is 2.80. The standard InChI is InChI=1S/C12H12F3NO2/c13-12(14,15)18-10-5-3-9(4-6-10)11(17)16-7-1-2-8-16/h3-6H,1-2,7-8H2. The summed E-state index contributed by atoms with van der Waals surface area (Å²) in [7, 11) is 0. The van der Waals surface area contributed by atoms with E-state index in [4.69, 9.17) is 0 Å². The van der Waals surface area contributed by atoms with Crippen molar-refractivity contribution in [3.8, 4) is 5.75 Å². The van der Waals surface area contributed by atoms with Crippen LogP contribution in [0, 0.1) is 0 Å². The van der Waals surface area contributed by atoms with Gasteiger partial charge in [0.25, 0.3) is 5.91 Å². The lowest BCUT2D eigenvalue weighted by molar-refractivity contribution is -0.274. The molecule has 0 aliphatic carbocycles. The summed E-state index contributed by atoms with van der Waals surface area (Å²) in [5, 5.41) is 0. The summed E-state index contributed by atoms with van der Waals surface area (Å²) in [6.07, 6.45) is -2.76. The molecule has 0 aromatic heterocycles. The van der Waals surface area contributed by atoms with Gasteiger partial charge < -0.3 is 9.64 Å². The van der Waals surface area contributed by atoms with Gasteiger partial charge in [-0.25, -0.2) is 0 Å². The molecule has 3 nitrogen and oxygen atoms in total. The highest BCUT2D eigenvalue weighted by molar-refractivity contribution is 5.94. The summed E-state index contributed by atoms with van der Waals surface area (Å²) in [5.41, 5.74) is 0.381. The number of hydrogen-bond acceptors (Lipinski definition) is 2. The molecule has 6 heteroatoms. The predicted molar refractivity (Wildman–Crippen MR) is 58.3 cm³/mol. The van der Waals surface area contributed by atoms with Crippen molar-refractivity contribution in [2.45, 2.75) is 19.2 Å². The number of carbonyl (C=O) groups is 1. The number of rotatable bonds is 2. The van der Waals surface area contributed by atoms with Crippen LogP contribution in [-0.2, 0) is 0 Å². The fourth-order valence-corrected chi connectivity index (χ4v) is 1.90. The molecule has 0 N–H and O–H groups in total. The van der Waals surface area contributed by atoms with Crippen molar-refractivity contribution in [2.24, 2.45) is 0 Å². The van der Waals surface area contributed by atoms with Gasteiger partial charge in [-0.05, 0) is 37.1 Å². The Morgan fingerprint density at radius 3 is 2.17 bits per heavy atom. The summed E-state index contributed by atoms with van der Waals surface area (Å²) < 4.78 is 39.6. The molecule has 1 amide bonds. The molecule has 1 aliphatic heterocycles. The van der Waals surface area contributed by atoms with Crippen molar-refractivity contribution < 1.29 is 22.7 Å². The van der Waals surface area contributed by atoms with Crippen LogP contribution in [0.25, 0.3) is 0 Å². The molecule has 0 atom stereocenters. The van der Waals surface area contributed by atoms with Gasteiger partial charge in [0.05, 0.1) is 0 Å². The summed E-state index contributed by atoms with van der Waals surface area (Å²) in [6.45, 7) is 1.42. The number of carbonyl (C=O) groups excluding carboxylic acids is 1. The molecule has 0 bridgehead atoms. The second-order valence-electron chi connectivity index (χ2n) is 4.07. The Morgan fingerprint density at radius 2 is 1.67 bits per heavy atom. The fraction of sp³-hybridized carbons (Fsp3) is 0.417. The van der Waals surface area contributed by atoms with Gasteiger partial charge in [-0.15, -0.1) is 13.2 Å². The Bertz CT molecular complexity index is 422. The molecular formula is C12H12F3NO2. The molecule has 18 heavy (non-hydrogen) atoms. The first-order chi connectivity index (χ1) is 8.46. The molecule has 1 aromatic carbocycles. The number of alkyl halides is 3. The molecular weight excluding hydrogens is 247 g/mol. The van der Waals surface area contributed by atoms with Gasteiger partial charge in [0.1, 0.15) is 5.75 Å². The maximum atomic E-state index is 11.9.